The molecule has 0 spiro atoms. The van der Waals surface area contributed by atoms with Gasteiger partial charge in [0.05, 0.1) is 0 Å². The Labute approximate surface area is 220 Å². The zero-order chi connectivity index (χ0) is 28.4. The minimum Gasteiger partial charge on any atom is -0.480 e. The first-order valence-electron chi connectivity index (χ1n) is 11.9. The van der Waals surface area contributed by atoms with Crippen molar-refractivity contribution < 1.29 is 41.4 Å². The maximum absolute atomic E-state index is 13.1. The van der Waals surface area contributed by atoms with Crippen LogP contribution in [0.2, 0.25) is 0 Å². The van der Waals surface area contributed by atoms with E-state index in [2.05, 4.69) is 9.88 Å². The average Bonchev–Trinajstić information content (AvgIpc) is 2.89. The van der Waals surface area contributed by atoms with Crippen LogP contribution in [-0.4, -0.2) is 69.0 Å². The smallest absolute Gasteiger partial charge is 0.430 e. The van der Waals surface area contributed by atoms with Gasteiger partial charge in [0.25, 0.3) is 5.60 Å². The number of carboxylic acids is 1. The number of aromatic nitrogens is 1. The number of hydrogen-bond donors (Lipinski definition) is 2. The summed E-state index contributed by atoms with van der Waals surface area (Å²) in [6.07, 6.45) is -8.54. The van der Waals surface area contributed by atoms with Crippen LogP contribution in [0.3, 0.4) is 0 Å². The maximum atomic E-state index is 13.1. The Morgan fingerprint density at radius 3 is 1.82 bits per heavy atom. The fourth-order valence-electron chi connectivity index (χ4n) is 4.62. The predicted octanol–water partition coefficient (Wildman–Crippen LogP) is 4.83. The zero-order valence-corrected chi connectivity index (χ0v) is 20.5. The molecule has 2 N–H and O–H groups in total. The second-order valence-electron chi connectivity index (χ2n) is 9.40. The first-order valence-corrected chi connectivity index (χ1v) is 11.9. The van der Waals surface area contributed by atoms with Crippen LogP contribution >= 0.6 is 0 Å². The lowest BCUT2D eigenvalue weighted by molar-refractivity contribution is -0.376. The average molecular weight is 554 g/mol. The zero-order valence-electron chi connectivity index (χ0n) is 20.5. The molecule has 39 heavy (non-hydrogen) atoms. The highest BCUT2D eigenvalue weighted by atomic mass is 19.4. The van der Waals surface area contributed by atoms with Crippen molar-refractivity contribution in [1.29, 1.82) is 0 Å². The Morgan fingerprint density at radius 2 is 1.31 bits per heavy atom. The summed E-state index contributed by atoms with van der Waals surface area (Å²) in [7, 11) is 0. The monoisotopic (exact) mass is 553 g/mol. The van der Waals surface area contributed by atoms with Crippen molar-refractivity contribution in [3.05, 3.63) is 89.7 Å². The standard InChI is InChI=1S/C27H25F6N3O3/c28-26(29,30)25(39,27(31,32)33)22-7-5-21(6-8-22)20-3-1-18(2-4-20)16-36-14-13-35(17-23(36)24(37)38)15-19-9-11-34-12-10-19/h1-12,23,39H,13-17H2,(H,37,38). The molecule has 0 bridgehead atoms. The maximum Gasteiger partial charge on any atom is 0.430 e. The van der Waals surface area contributed by atoms with Crippen LogP contribution in [-0.2, 0) is 23.5 Å². The van der Waals surface area contributed by atoms with Gasteiger partial charge in [-0.05, 0) is 34.4 Å². The summed E-state index contributed by atoms with van der Waals surface area (Å²) < 4.78 is 78.8. The number of rotatable bonds is 7. The molecule has 4 rings (SSSR count). The van der Waals surface area contributed by atoms with Crippen molar-refractivity contribution in [2.45, 2.75) is 37.1 Å². The Hall–Kier alpha value is -3.48. The van der Waals surface area contributed by atoms with Crippen LogP contribution in [0.25, 0.3) is 11.1 Å². The molecule has 1 atom stereocenters. The molecular weight excluding hydrogens is 528 g/mol. The van der Waals surface area contributed by atoms with Crippen LogP contribution in [0.15, 0.2) is 73.1 Å². The van der Waals surface area contributed by atoms with Crippen LogP contribution in [0.4, 0.5) is 26.3 Å². The predicted molar refractivity (Wildman–Crippen MR) is 129 cm³/mol. The number of pyridine rings is 1. The Morgan fingerprint density at radius 1 is 0.795 bits per heavy atom. The van der Waals surface area contributed by atoms with Gasteiger partial charge >= 0.3 is 18.3 Å². The molecule has 1 aliphatic rings. The van der Waals surface area contributed by atoms with Gasteiger partial charge in [-0.25, -0.2) is 0 Å². The van der Waals surface area contributed by atoms with Gasteiger partial charge in [0.15, 0.2) is 0 Å². The fraction of sp³-hybridized carbons (Fsp3) is 0.333. The third-order valence-electron chi connectivity index (χ3n) is 6.81. The van der Waals surface area contributed by atoms with Crippen molar-refractivity contribution in [3.8, 4) is 11.1 Å². The number of aliphatic carboxylic acids is 1. The molecule has 1 saturated heterocycles. The van der Waals surface area contributed by atoms with E-state index in [-0.39, 0.29) is 0 Å². The highest BCUT2D eigenvalue weighted by Crippen LogP contribution is 2.50. The van der Waals surface area contributed by atoms with Crippen LogP contribution < -0.4 is 0 Å². The molecule has 1 fully saturated rings. The molecule has 0 radical (unpaired) electrons. The second kappa shape index (κ2) is 10.9. The minimum absolute atomic E-state index is 0.338. The summed E-state index contributed by atoms with van der Waals surface area (Å²) in [5.74, 6) is -0.941. The van der Waals surface area contributed by atoms with Gasteiger partial charge in [0.1, 0.15) is 6.04 Å². The van der Waals surface area contributed by atoms with Crippen molar-refractivity contribution in [2.75, 3.05) is 19.6 Å². The quantitative estimate of drug-likeness (QED) is 0.409. The van der Waals surface area contributed by atoms with Crippen LogP contribution in [0.5, 0.6) is 0 Å². The van der Waals surface area contributed by atoms with Gasteiger partial charge in [-0.2, -0.15) is 26.3 Å². The van der Waals surface area contributed by atoms with Gasteiger partial charge in [-0.3, -0.25) is 19.6 Å². The normalized spacial score (nSPS) is 17.8. The Balaban J connectivity index is 1.44. The van der Waals surface area contributed by atoms with E-state index in [1.807, 2.05) is 17.0 Å². The summed E-state index contributed by atoms with van der Waals surface area (Å²) in [4.78, 5) is 19.9. The van der Waals surface area contributed by atoms with Crippen molar-refractivity contribution in [3.63, 3.8) is 0 Å². The van der Waals surface area contributed by atoms with Crippen molar-refractivity contribution in [1.82, 2.24) is 14.8 Å². The lowest BCUT2D eigenvalue weighted by atomic mass is 9.90. The van der Waals surface area contributed by atoms with E-state index in [4.69, 9.17) is 0 Å². The van der Waals surface area contributed by atoms with E-state index in [1.165, 1.54) is 0 Å². The number of alkyl halides is 6. The molecule has 1 aliphatic heterocycles. The molecule has 1 aromatic heterocycles. The lowest BCUT2D eigenvalue weighted by Gasteiger charge is -2.39. The van der Waals surface area contributed by atoms with E-state index >= 15 is 0 Å². The fourth-order valence-corrected chi connectivity index (χ4v) is 4.62. The molecule has 12 heteroatoms. The molecule has 1 unspecified atom stereocenters. The van der Waals surface area contributed by atoms with E-state index in [1.54, 1.807) is 36.7 Å². The molecule has 2 aromatic carbocycles. The van der Waals surface area contributed by atoms with Crippen molar-refractivity contribution >= 4 is 5.97 Å². The number of piperazine rings is 1. The number of nitrogens with zero attached hydrogens (tertiary/aromatic N) is 3. The number of carboxylic acid groups (broad SMARTS) is 1. The van der Waals surface area contributed by atoms with Crippen LogP contribution in [0, 0.1) is 0 Å². The minimum atomic E-state index is -5.95. The molecule has 3 aromatic rings. The number of benzene rings is 2. The first kappa shape index (κ1) is 28.5. The van der Waals surface area contributed by atoms with Gasteiger partial charge in [-0.1, -0.05) is 48.5 Å². The molecule has 0 aliphatic carbocycles. The van der Waals surface area contributed by atoms with Gasteiger partial charge in [0.2, 0.25) is 0 Å². The summed E-state index contributed by atoms with van der Waals surface area (Å²) in [5.41, 5.74) is -3.59. The number of carbonyl (C=O) groups is 1. The molecule has 0 saturated carbocycles. The topological polar surface area (TPSA) is 76.9 Å². The third kappa shape index (κ3) is 6.07. The highest BCUT2D eigenvalue weighted by Gasteiger charge is 2.71. The molecule has 0 amide bonds. The largest absolute Gasteiger partial charge is 0.480 e. The number of halogens is 6. The molecule has 208 valence electrons. The van der Waals surface area contributed by atoms with Gasteiger partial charge in [-0.15, -0.1) is 0 Å². The SMILES string of the molecule is O=C(O)C1CN(Cc2ccncc2)CCN1Cc1ccc(-c2ccc(C(O)(C(F)(F)F)C(F)(F)F)cc2)cc1. The van der Waals surface area contributed by atoms with E-state index < -0.39 is 35.5 Å². The molecular formula is C27H25F6N3O3. The summed E-state index contributed by atoms with van der Waals surface area (Å²) >= 11 is 0. The van der Waals surface area contributed by atoms with Crippen LogP contribution in [0.1, 0.15) is 16.7 Å². The summed E-state index contributed by atoms with van der Waals surface area (Å²) in [5, 5.41) is 19.4. The second-order valence-corrected chi connectivity index (χ2v) is 9.40. The number of hydrogen-bond acceptors (Lipinski definition) is 5. The van der Waals surface area contributed by atoms with E-state index in [0.717, 1.165) is 23.3 Å². The third-order valence-corrected chi connectivity index (χ3v) is 6.81. The Bertz CT molecular complexity index is 1250. The summed E-state index contributed by atoms with van der Waals surface area (Å²) in [6.45, 7) is 2.48. The van der Waals surface area contributed by atoms with E-state index in [0.29, 0.717) is 56.0 Å². The van der Waals surface area contributed by atoms with Gasteiger partial charge < -0.3 is 10.2 Å². The summed E-state index contributed by atoms with van der Waals surface area (Å²) in [6, 6.07) is 13.2. The van der Waals surface area contributed by atoms with Gasteiger partial charge in [0, 0.05) is 50.7 Å². The van der Waals surface area contributed by atoms with Crippen molar-refractivity contribution in [2.24, 2.45) is 0 Å². The first-order chi connectivity index (χ1) is 18.3. The highest BCUT2D eigenvalue weighted by molar-refractivity contribution is 5.74. The van der Waals surface area contributed by atoms with E-state index in [9.17, 15) is 41.4 Å². The molecule has 6 nitrogen and oxygen atoms in total. The Kier molecular flexibility index (Phi) is 8.01. The lowest BCUT2D eigenvalue weighted by Crippen LogP contribution is -2.55. The number of aliphatic hydroxyl groups is 1. The molecule has 2 heterocycles.